The number of nitrogens with zero attached hydrogens (tertiary/aromatic N) is 1. The second-order valence-electron chi connectivity index (χ2n) is 4.76. The highest BCUT2D eigenvalue weighted by Gasteiger charge is 2.03. The Bertz CT molecular complexity index is 596. The van der Waals surface area contributed by atoms with Crippen LogP contribution in [0, 0.1) is 13.8 Å². The van der Waals surface area contributed by atoms with Gasteiger partial charge in [-0.25, -0.2) is 0 Å². The highest BCUT2D eigenvalue weighted by atomic mass is 32.1. The molecule has 3 nitrogen and oxygen atoms in total. The first kappa shape index (κ1) is 14.3. The normalized spacial score (nSPS) is 9.95. The fraction of sp³-hybridized carbons (Fsp3) is 0.188. The van der Waals surface area contributed by atoms with E-state index in [-0.39, 0.29) is 0 Å². The summed E-state index contributed by atoms with van der Waals surface area (Å²) in [7, 11) is 1.93. The largest absolute Gasteiger partial charge is 0.331 e. The fourth-order valence-corrected chi connectivity index (χ4v) is 2.10. The standard InChI is InChI=1S/C16H19N3S/c1-12-9-10-14(11-13(12)2)17-16(20)18-19(3)15-7-5-4-6-8-15/h4-11H,1-3H3,(H2,17,18,20). The molecule has 2 aromatic rings. The topological polar surface area (TPSA) is 27.3 Å². The van der Waals surface area contributed by atoms with E-state index >= 15 is 0 Å². The number of hydrogen-bond acceptors (Lipinski definition) is 2. The number of anilines is 2. The molecule has 2 rings (SSSR count). The lowest BCUT2D eigenvalue weighted by atomic mass is 10.1. The molecule has 0 unspecified atom stereocenters. The molecule has 0 saturated heterocycles. The van der Waals surface area contributed by atoms with Crippen molar-refractivity contribution in [1.29, 1.82) is 0 Å². The maximum Gasteiger partial charge on any atom is 0.189 e. The highest BCUT2D eigenvalue weighted by molar-refractivity contribution is 7.80. The van der Waals surface area contributed by atoms with E-state index in [9.17, 15) is 0 Å². The lowest BCUT2D eigenvalue weighted by Gasteiger charge is -2.22. The molecule has 0 aliphatic heterocycles. The third kappa shape index (κ3) is 3.71. The number of hydrazine groups is 1. The molecule has 0 heterocycles. The maximum atomic E-state index is 5.32. The zero-order chi connectivity index (χ0) is 14.5. The smallest absolute Gasteiger partial charge is 0.189 e. The number of para-hydroxylation sites is 1. The molecule has 0 saturated carbocycles. The van der Waals surface area contributed by atoms with E-state index in [1.54, 1.807) is 0 Å². The monoisotopic (exact) mass is 285 g/mol. The van der Waals surface area contributed by atoms with Crippen LogP contribution in [0.3, 0.4) is 0 Å². The van der Waals surface area contributed by atoms with Crippen LogP contribution >= 0.6 is 12.2 Å². The van der Waals surface area contributed by atoms with Crippen molar-refractivity contribution in [2.75, 3.05) is 17.4 Å². The first-order valence-corrected chi connectivity index (χ1v) is 6.91. The molecular formula is C16H19N3S. The SMILES string of the molecule is Cc1ccc(NC(=S)NN(C)c2ccccc2)cc1C. The van der Waals surface area contributed by atoms with E-state index in [4.69, 9.17) is 12.2 Å². The molecule has 2 aromatic carbocycles. The van der Waals surface area contributed by atoms with E-state index in [1.165, 1.54) is 11.1 Å². The van der Waals surface area contributed by atoms with Crippen LogP contribution in [0.15, 0.2) is 48.5 Å². The van der Waals surface area contributed by atoms with Crippen molar-refractivity contribution in [3.05, 3.63) is 59.7 Å². The molecule has 0 aliphatic rings. The summed E-state index contributed by atoms with van der Waals surface area (Å²) in [6.45, 7) is 4.19. The van der Waals surface area contributed by atoms with Crippen LogP contribution in [0.25, 0.3) is 0 Å². The minimum absolute atomic E-state index is 0.569. The summed E-state index contributed by atoms with van der Waals surface area (Å²) in [6, 6.07) is 16.2. The fourth-order valence-electron chi connectivity index (χ4n) is 1.85. The molecule has 2 N–H and O–H groups in total. The van der Waals surface area contributed by atoms with Crippen LogP contribution in [0.5, 0.6) is 0 Å². The molecular weight excluding hydrogens is 266 g/mol. The Morgan fingerprint density at radius 2 is 1.70 bits per heavy atom. The zero-order valence-electron chi connectivity index (χ0n) is 12.0. The van der Waals surface area contributed by atoms with Gasteiger partial charge >= 0.3 is 0 Å². The highest BCUT2D eigenvalue weighted by Crippen LogP contribution is 2.14. The minimum Gasteiger partial charge on any atom is -0.331 e. The summed E-state index contributed by atoms with van der Waals surface area (Å²) in [5.74, 6) is 0. The molecule has 20 heavy (non-hydrogen) atoms. The molecule has 4 heteroatoms. The molecule has 0 spiro atoms. The predicted molar refractivity (Wildman–Crippen MR) is 90.1 cm³/mol. The number of rotatable bonds is 3. The van der Waals surface area contributed by atoms with Gasteiger partial charge in [0.1, 0.15) is 0 Å². The minimum atomic E-state index is 0.569. The van der Waals surface area contributed by atoms with Crippen molar-refractivity contribution in [2.45, 2.75) is 13.8 Å². The number of benzene rings is 2. The van der Waals surface area contributed by atoms with Crippen LogP contribution in [0.2, 0.25) is 0 Å². The predicted octanol–water partition coefficient (Wildman–Crippen LogP) is 3.64. The van der Waals surface area contributed by atoms with Gasteiger partial charge in [-0.2, -0.15) is 0 Å². The van der Waals surface area contributed by atoms with Gasteiger partial charge in [-0.3, -0.25) is 10.4 Å². The third-order valence-corrected chi connectivity index (χ3v) is 3.37. The van der Waals surface area contributed by atoms with Gasteiger partial charge in [-0.1, -0.05) is 24.3 Å². The van der Waals surface area contributed by atoms with Crippen LogP contribution in [-0.2, 0) is 0 Å². The number of nitrogens with one attached hydrogen (secondary N) is 2. The van der Waals surface area contributed by atoms with E-state index in [1.807, 2.05) is 48.5 Å². The van der Waals surface area contributed by atoms with Crippen molar-refractivity contribution < 1.29 is 0 Å². The summed E-state index contributed by atoms with van der Waals surface area (Å²) in [5.41, 5.74) is 7.70. The van der Waals surface area contributed by atoms with Crippen molar-refractivity contribution in [3.8, 4) is 0 Å². The van der Waals surface area contributed by atoms with Crippen molar-refractivity contribution >= 4 is 28.7 Å². The Balaban J connectivity index is 1.97. The number of thiocarbonyl (C=S) groups is 1. The molecule has 0 fully saturated rings. The molecule has 0 amide bonds. The summed E-state index contributed by atoms with van der Waals surface area (Å²) in [5, 5.41) is 5.64. The van der Waals surface area contributed by atoms with E-state index in [2.05, 4.69) is 36.7 Å². The van der Waals surface area contributed by atoms with Gasteiger partial charge < -0.3 is 5.32 Å². The average Bonchev–Trinajstić information content (AvgIpc) is 2.44. The first-order valence-electron chi connectivity index (χ1n) is 6.50. The zero-order valence-corrected chi connectivity index (χ0v) is 12.8. The second kappa shape index (κ2) is 6.39. The second-order valence-corrected chi connectivity index (χ2v) is 5.17. The summed E-state index contributed by atoms with van der Waals surface area (Å²) in [4.78, 5) is 0. The van der Waals surface area contributed by atoms with E-state index < -0.39 is 0 Å². The summed E-state index contributed by atoms with van der Waals surface area (Å²) >= 11 is 5.32. The van der Waals surface area contributed by atoms with Crippen molar-refractivity contribution in [3.63, 3.8) is 0 Å². The van der Waals surface area contributed by atoms with Gasteiger partial charge in [0.05, 0.1) is 5.69 Å². The Morgan fingerprint density at radius 3 is 2.35 bits per heavy atom. The third-order valence-electron chi connectivity index (χ3n) is 3.18. The van der Waals surface area contributed by atoms with E-state index in [0.29, 0.717) is 5.11 Å². The maximum absolute atomic E-state index is 5.32. The lowest BCUT2D eigenvalue weighted by Crippen LogP contribution is -2.41. The van der Waals surface area contributed by atoms with Gasteiger partial charge in [0.15, 0.2) is 5.11 Å². The van der Waals surface area contributed by atoms with Gasteiger partial charge in [0.2, 0.25) is 0 Å². The molecule has 0 aliphatic carbocycles. The van der Waals surface area contributed by atoms with E-state index in [0.717, 1.165) is 11.4 Å². The Hall–Kier alpha value is -2.07. The summed E-state index contributed by atoms with van der Waals surface area (Å²) in [6.07, 6.45) is 0. The first-order chi connectivity index (χ1) is 9.56. The molecule has 0 atom stereocenters. The van der Waals surface area contributed by atoms with Crippen LogP contribution in [0.4, 0.5) is 11.4 Å². The Kier molecular flexibility index (Phi) is 4.58. The molecule has 0 aromatic heterocycles. The Labute approximate surface area is 125 Å². The van der Waals surface area contributed by atoms with Crippen molar-refractivity contribution in [2.24, 2.45) is 0 Å². The van der Waals surface area contributed by atoms with Crippen LogP contribution in [0.1, 0.15) is 11.1 Å². The van der Waals surface area contributed by atoms with Gasteiger partial charge in [-0.15, -0.1) is 0 Å². The van der Waals surface area contributed by atoms with Crippen LogP contribution in [-0.4, -0.2) is 12.2 Å². The van der Waals surface area contributed by atoms with Crippen molar-refractivity contribution in [1.82, 2.24) is 5.43 Å². The Morgan fingerprint density at radius 1 is 1.00 bits per heavy atom. The lowest BCUT2D eigenvalue weighted by molar-refractivity contribution is 0.888. The molecule has 104 valence electrons. The van der Waals surface area contributed by atoms with Gasteiger partial charge in [0, 0.05) is 12.7 Å². The molecule has 0 bridgehead atoms. The van der Waals surface area contributed by atoms with Gasteiger partial charge in [0.25, 0.3) is 0 Å². The average molecular weight is 285 g/mol. The number of aryl methyl sites for hydroxylation is 2. The molecule has 0 radical (unpaired) electrons. The quantitative estimate of drug-likeness (QED) is 0.665. The van der Waals surface area contributed by atoms with Gasteiger partial charge in [-0.05, 0) is 61.5 Å². The summed E-state index contributed by atoms with van der Waals surface area (Å²) < 4.78 is 0. The van der Waals surface area contributed by atoms with Crippen LogP contribution < -0.4 is 15.8 Å². The number of hydrogen-bond donors (Lipinski definition) is 2.